The molecule has 0 saturated carbocycles. The lowest BCUT2D eigenvalue weighted by Gasteiger charge is -2.27. The van der Waals surface area contributed by atoms with Crippen molar-refractivity contribution in [1.82, 2.24) is 9.97 Å². The molecular weight excluding hydrogens is 228 g/mol. The van der Waals surface area contributed by atoms with Gasteiger partial charge in [0, 0.05) is 32.6 Å². The zero-order chi connectivity index (χ0) is 12.8. The summed E-state index contributed by atoms with van der Waals surface area (Å²) in [5, 5.41) is 0. The van der Waals surface area contributed by atoms with Crippen molar-refractivity contribution >= 4 is 5.95 Å². The lowest BCUT2D eigenvalue weighted by Crippen LogP contribution is -2.31. The van der Waals surface area contributed by atoms with Gasteiger partial charge in [0.2, 0.25) is 5.95 Å². The number of hydrogen-bond donors (Lipinski definition) is 1. The second kappa shape index (κ2) is 6.66. The third-order valence-electron chi connectivity index (χ3n) is 3.25. The van der Waals surface area contributed by atoms with E-state index in [1.165, 1.54) is 6.42 Å². The number of nitrogens with zero attached hydrogens (tertiary/aromatic N) is 3. The summed E-state index contributed by atoms with van der Waals surface area (Å²) in [5.74, 6) is 1.37. The van der Waals surface area contributed by atoms with Crippen molar-refractivity contribution in [2.75, 3.05) is 38.3 Å². The predicted molar refractivity (Wildman–Crippen MR) is 71.6 cm³/mol. The average Bonchev–Trinajstić information content (AvgIpc) is 2.41. The first-order chi connectivity index (χ1) is 8.79. The molecule has 1 unspecified atom stereocenters. The quantitative estimate of drug-likeness (QED) is 0.839. The van der Waals surface area contributed by atoms with Crippen LogP contribution < -0.4 is 10.6 Å². The maximum Gasteiger partial charge on any atom is 0.225 e. The fourth-order valence-corrected chi connectivity index (χ4v) is 2.26. The summed E-state index contributed by atoms with van der Waals surface area (Å²) in [5.41, 5.74) is 6.60. The monoisotopic (exact) mass is 250 g/mol. The Kier molecular flexibility index (Phi) is 4.90. The smallest absolute Gasteiger partial charge is 0.225 e. The van der Waals surface area contributed by atoms with E-state index in [9.17, 15) is 0 Å². The van der Waals surface area contributed by atoms with E-state index < -0.39 is 0 Å². The first kappa shape index (κ1) is 13.2. The van der Waals surface area contributed by atoms with Crippen molar-refractivity contribution in [3.63, 3.8) is 0 Å². The molecule has 1 aliphatic rings. The van der Waals surface area contributed by atoms with Crippen molar-refractivity contribution in [3.8, 4) is 0 Å². The van der Waals surface area contributed by atoms with Crippen LogP contribution in [0.1, 0.15) is 18.4 Å². The Hall–Kier alpha value is -1.20. The van der Waals surface area contributed by atoms with Gasteiger partial charge in [0.15, 0.2) is 0 Å². The number of anilines is 1. The van der Waals surface area contributed by atoms with E-state index in [2.05, 4.69) is 14.9 Å². The highest BCUT2D eigenvalue weighted by atomic mass is 16.5. The molecule has 2 rings (SSSR count). The number of hydrogen-bond acceptors (Lipinski definition) is 5. The molecule has 0 bridgehead atoms. The van der Waals surface area contributed by atoms with E-state index in [1.807, 2.05) is 19.4 Å². The van der Waals surface area contributed by atoms with Gasteiger partial charge in [0.05, 0.1) is 6.61 Å². The Bertz CT molecular complexity index is 349. The molecule has 0 aliphatic carbocycles. The SMILES string of the molecule is CN(CC1CCCOC1)c1ncc(CCN)cn1. The van der Waals surface area contributed by atoms with Gasteiger partial charge < -0.3 is 15.4 Å². The number of aromatic nitrogens is 2. The van der Waals surface area contributed by atoms with Gasteiger partial charge in [0.25, 0.3) is 0 Å². The van der Waals surface area contributed by atoms with Gasteiger partial charge >= 0.3 is 0 Å². The molecule has 1 saturated heterocycles. The van der Waals surface area contributed by atoms with Gasteiger partial charge in [-0.1, -0.05) is 0 Å². The van der Waals surface area contributed by atoms with Crippen molar-refractivity contribution in [2.45, 2.75) is 19.3 Å². The topological polar surface area (TPSA) is 64.3 Å². The van der Waals surface area contributed by atoms with Crippen LogP contribution in [0.2, 0.25) is 0 Å². The molecule has 100 valence electrons. The summed E-state index contributed by atoms with van der Waals surface area (Å²) in [4.78, 5) is 10.9. The van der Waals surface area contributed by atoms with Crippen LogP contribution in [0.15, 0.2) is 12.4 Å². The Morgan fingerprint density at radius 1 is 1.44 bits per heavy atom. The maximum atomic E-state index is 5.50. The lowest BCUT2D eigenvalue weighted by atomic mass is 10.0. The Morgan fingerprint density at radius 3 is 2.83 bits per heavy atom. The highest BCUT2D eigenvalue weighted by Crippen LogP contribution is 2.16. The molecule has 0 amide bonds. The molecule has 5 heteroatoms. The molecule has 1 aliphatic heterocycles. The largest absolute Gasteiger partial charge is 0.381 e. The minimum absolute atomic E-state index is 0.594. The third kappa shape index (κ3) is 3.65. The summed E-state index contributed by atoms with van der Waals surface area (Å²) in [7, 11) is 2.03. The molecule has 0 radical (unpaired) electrons. The summed E-state index contributed by atoms with van der Waals surface area (Å²) < 4.78 is 5.49. The van der Waals surface area contributed by atoms with Gasteiger partial charge in [-0.2, -0.15) is 0 Å². The van der Waals surface area contributed by atoms with Crippen LogP contribution in [-0.2, 0) is 11.2 Å². The number of nitrogens with two attached hydrogens (primary N) is 1. The standard InChI is InChI=1S/C13H22N4O/c1-17(9-12-3-2-6-18-10-12)13-15-7-11(4-5-14)8-16-13/h7-8,12H,2-6,9-10,14H2,1H3. The highest BCUT2D eigenvalue weighted by Gasteiger charge is 2.17. The van der Waals surface area contributed by atoms with Crippen molar-refractivity contribution in [3.05, 3.63) is 18.0 Å². The fraction of sp³-hybridized carbons (Fsp3) is 0.692. The van der Waals surface area contributed by atoms with Crippen LogP contribution in [0.3, 0.4) is 0 Å². The zero-order valence-corrected chi connectivity index (χ0v) is 11.0. The van der Waals surface area contributed by atoms with E-state index in [1.54, 1.807) is 0 Å². The first-order valence-electron chi connectivity index (χ1n) is 6.59. The van der Waals surface area contributed by atoms with Gasteiger partial charge in [-0.3, -0.25) is 0 Å². The lowest BCUT2D eigenvalue weighted by molar-refractivity contribution is 0.0575. The van der Waals surface area contributed by atoms with Crippen LogP contribution in [-0.4, -0.2) is 43.3 Å². The number of rotatable bonds is 5. The molecule has 1 fully saturated rings. The Morgan fingerprint density at radius 2 is 2.22 bits per heavy atom. The van der Waals surface area contributed by atoms with Crippen LogP contribution in [0, 0.1) is 5.92 Å². The van der Waals surface area contributed by atoms with E-state index in [0.717, 1.165) is 44.1 Å². The van der Waals surface area contributed by atoms with E-state index in [-0.39, 0.29) is 0 Å². The molecule has 2 N–H and O–H groups in total. The Balaban J connectivity index is 1.89. The summed E-state index contributed by atoms with van der Waals surface area (Å²) in [6.45, 7) is 3.36. The summed E-state index contributed by atoms with van der Waals surface area (Å²) in [6, 6.07) is 0. The second-order valence-electron chi connectivity index (χ2n) is 4.89. The fourth-order valence-electron chi connectivity index (χ4n) is 2.26. The minimum Gasteiger partial charge on any atom is -0.381 e. The summed E-state index contributed by atoms with van der Waals surface area (Å²) >= 11 is 0. The van der Waals surface area contributed by atoms with Crippen LogP contribution >= 0.6 is 0 Å². The highest BCUT2D eigenvalue weighted by molar-refractivity contribution is 5.28. The second-order valence-corrected chi connectivity index (χ2v) is 4.89. The van der Waals surface area contributed by atoms with Crippen LogP contribution in [0.25, 0.3) is 0 Å². The maximum absolute atomic E-state index is 5.50. The van der Waals surface area contributed by atoms with Gasteiger partial charge in [-0.15, -0.1) is 0 Å². The first-order valence-corrected chi connectivity index (χ1v) is 6.59. The summed E-state index contributed by atoms with van der Waals surface area (Å²) in [6.07, 6.45) is 6.96. The van der Waals surface area contributed by atoms with Crippen LogP contribution in [0.4, 0.5) is 5.95 Å². The molecule has 0 spiro atoms. The molecular formula is C13H22N4O. The van der Waals surface area contributed by atoms with Gasteiger partial charge in [0.1, 0.15) is 0 Å². The van der Waals surface area contributed by atoms with Crippen molar-refractivity contribution in [1.29, 1.82) is 0 Å². The molecule has 0 aromatic carbocycles. The zero-order valence-electron chi connectivity index (χ0n) is 11.0. The molecule has 1 aromatic rings. The molecule has 2 heterocycles. The molecule has 18 heavy (non-hydrogen) atoms. The van der Waals surface area contributed by atoms with Gasteiger partial charge in [-0.05, 0) is 37.3 Å². The molecule has 1 atom stereocenters. The van der Waals surface area contributed by atoms with Crippen molar-refractivity contribution < 1.29 is 4.74 Å². The predicted octanol–water partition coefficient (Wildman–Crippen LogP) is 0.841. The normalized spacial score (nSPS) is 19.8. The minimum atomic E-state index is 0.594. The van der Waals surface area contributed by atoms with Gasteiger partial charge in [-0.25, -0.2) is 9.97 Å². The van der Waals surface area contributed by atoms with E-state index >= 15 is 0 Å². The van der Waals surface area contributed by atoms with Crippen molar-refractivity contribution in [2.24, 2.45) is 11.7 Å². The van der Waals surface area contributed by atoms with E-state index in [4.69, 9.17) is 10.5 Å². The Labute approximate surface area is 108 Å². The number of ether oxygens (including phenoxy) is 1. The van der Waals surface area contributed by atoms with Crippen LogP contribution in [0.5, 0.6) is 0 Å². The third-order valence-corrected chi connectivity index (χ3v) is 3.25. The molecule has 5 nitrogen and oxygen atoms in total. The molecule has 1 aromatic heterocycles. The van der Waals surface area contributed by atoms with E-state index in [0.29, 0.717) is 12.5 Å². The average molecular weight is 250 g/mol.